The molecule has 1 fully saturated rings. The van der Waals surface area contributed by atoms with E-state index in [1.54, 1.807) is 0 Å². The van der Waals surface area contributed by atoms with Gasteiger partial charge in [0.2, 0.25) is 12.7 Å². The SMILES string of the molecule is CCCCN(CCCCN)C(=O)CN1C[C@H](c2ccc3c(c2)CCO3)C(C(=O)O)[C@@H]1CCc1cccc2c1OCO2. The maximum absolute atomic E-state index is 13.7. The van der Waals surface area contributed by atoms with Gasteiger partial charge in [-0.15, -0.1) is 0 Å². The Bertz CT molecular complexity index is 1220. The molecular formula is C32H43N3O6. The van der Waals surface area contributed by atoms with Crippen molar-refractivity contribution in [3.05, 3.63) is 53.1 Å². The number of fused-ring (bicyclic) bond motifs is 2. The van der Waals surface area contributed by atoms with Crippen LogP contribution in [0, 0.1) is 5.92 Å². The number of carboxylic acid groups (broad SMARTS) is 1. The third-order valence-corrected chi connectivity index (χ3v) is 8.72. The topological polar surface area (TPSA) is 115 Å². The molecule has 3 atom stereocenters. The fourth-order valence-electron chi connectivity index (χ4n) is 6.55. The van der Waals surface area contributed by atoms with E-state index in [9.17, 15) is 14.7 Å². The molecule has 41 heavy (non-hydrogen) atoms. The first kappa shape index (κ1) is 29.2. The second-order valence-electron chi connectivity index (χ2n) is 11.4. The normalized spacial score (nSPS) is 21.1. The number of hydrogen-bond donors (Lipinski definition) is 2. The van der Waals surface area contributed by atoms with Crippen molar-refractivity contribution in [1.29, 1.82) is 0 Å². The van der Waals surface area contributed by atoms with Crippen LogP contribution in [0.15, 0.2) is 36.4 Å². The first-order valence-corrected chi connectivity index (χ1v) is 15.1. The van der Waals surface area contributed by atoms with Crippen molar-refractivity contribution >= 4 is 11.9 Å². The number of nitrogens with two attached hydrogens (primary N) is 1. The fourth-order valence-corrected chi connectivity index (χ4v) is 6.55. The Morgan fingerprint density at radius 1 is 1.07 bits per heavy atom. The zero-order chi connectivity index (χ0) is 28.8. The largest absolute Gasteiger partial charge is 0.493 e. The Hall–Kier alpha value is -3.30. The van der Waals surface area contributed by atoms with Crippen LogP contribution in [0.1, 0.15) is 61.6 Å². The standard InChI is InChI=1S/C32H43N3O6/c1-2-3-15-34(16-5-4-14-33)29(36)20-35-19-25(23-10-12-27-24(18-23)13-17-39-27)30(32(37)38)26(35)11-9-22-7-6-8-28-31(22)41-21-40-28/h6-8,10,12,18,25-26,30H,2-5,9,11,13-17,19-21,33H2,1H3,(H,37,38)/t25-,26+,30?/m1/s1. The van der Waals surface area contributed by atoms with Crippen LogP contribution < -0.4 is 19.9 Å². The highest BCUT2D eigenvalue weighted by atomic mass is 16.7. The molecule has 0 aromatic heterocycles. The molecule has 1 amide bonds. The van der Waals surface area contributed by atoms with Crippen molar-refractivity contribution < 1.29 is 28.9 Å². The molecule has 5 rings (SSSR count). The summed E-state index contributed by atoms with van der Waals surface area (Å²) in [5.41, 5.74) is 8.84. The van der Waals surface area contributed by atoms with Gasteiger partial charge in [-0.2, -0.15) is 0 Å². The third kappa shape index (κ3) is 6.62. The lowest BCUT2D eigenvalue weighted by molar-refractivity contribution is -0.143. The van der Waals surface area contributed by atoms with E-state index in [0.717, 1.165) is 66.0 Å². The minimum Gasteiger partial charge on any atom is -0.493 e. The summed E-state index contributed by atoms with van der Waals surface area (Å²) < 4.78 is 17.0. The van der Waals surface area contributed by atoms with Crippen LogP contribution in [0.25, 0.3) is 0 Å². The summed E-state index contributed by atoms with van der Waals surface area (Å²) in [6.45, 7) is 5.69. The zero-order valence-electron chi connectivity index (χ0n) is 24.1. The van der Waals surface area contributed by atoms with Gasteiger partial charge in [0, 0.05) is 38.0 Å². The van der Waals surface area contributed by atoms with Gasteiger partial charge < -0.3 is 30.0 Å². The highest BCUT2D eigenvalue weighted by Gasteiger charge is 2.47. The quantitative estimate of drug-likeness (QED) is 0.333. The predicted octanol–water partition coefficient (Wildman–Crippen LogP) is 3.82. The summed E-state index contributed by atoms with van der Waals surface area (Å²) in [5.74, 6) is 0.711. The van der Waals surface area contributed by atoms with Gasteiger partial charge in [-0.25, -0.2) is 0 Å². The predicted molar refractivity (Wildman–Crippen MR) is 156 cm³/mol. The lowest BCUT2D eigenvalue weighted by atomic mass is 9.83. The molecule has 0 radical (unpaired) electrons. The van der Waals surface area contributed by atoms with Gasteiger partial charge >= 0.3 is 5.97 Å². The molecule has 9 nitrogen and oxygen atoms in total. The Kier molecular flexibility index (Phi) is 9.67. The molecule has 0 aliphatic carbocycles. The highest BCUT2D eigenvalue weighted by Crippen LogP contribution is 2.42. The summed E-state index contributed by atoms with van der Waals surface area (Å²) in [7, 11) is 0. The van der Waals surface area contributed by atoms with E-state index in [-0.39, 0.29) is 31.2 Å². The summed E-state index contributed by atoms with van der Waals surface area (Å²) >= 11 is 0. The van der Waals surface area contributed by atoms with Gasteiger partial charge in [0.05, 0.1) is 19.1 Å². The number of nitrogens with zero attached hydrogens (tertiary/aromatic N) is 2. The second-order valence-corrected chi connectivity index (χ2v) is 11.4. The van der Waals surface area contributed by atoms with Gasteiger partial charge in [0.1, 0.15) is 5.75 Å². The molecule has 2 aromatic rings. The molecule has 9 heteroatoms. The molecule has 0 saturated carbocycles. The molecule has 3 N–H and O–H groups in total. The number of rotatable bonds is 14. The monoisotopic (exact) mass is 565 g/mol. The number of aliphatic carboxylic acids is 1. The van der Waals surface area contributed by atoms with Crippen molar-refractivity contribution in [2.24, 2.45) is 11.7 Å². The molecular weight excluding hydrogens is 522 g/mol. The van der Waals surface area contributed by atoms with Crippen molar-refractivity contribution in [2.75, 3.05) is 46.1 Å². The van der Waals surface area contributed by atoms with Crippen LogP contribution in [-0.4, -0.2) is 78.9 Å². The Morgan fingerprint density at radius 3 is 2.73 bits per heavy atom. The number of para-hydroxylation sites is 1. The van der Waals surface area contributed by atoms with E-state index in [0.29, 0.717) is 45.6 Å². The van der Waals surface area contributed by atoms with E-state index < -0.39 is 11.9 Å². The maximum Gasteiger partial charge on any atom is 0.308 e. The summed E-state index contributed by atoms with van der Waals surface area (Å²) in [6.07, 6.45) is 5.75. The van der Waals surface area contributed by atoms with E-state index in [2.05, 4.69) is 17.9 Å². The number of carbonyl (C=O) groups excluding carboxylic acids is 1. The second kappa shape index (κ2) is 13.6. The molecule has 222 valence electrons. The molecule has 0 spiro atoms. The van der Waals surface area contributed by atoms with Gasteiger partial charge in [-0.3, -0.25) is 14.5 Å². The number of carbonyl (C=O) groups is 2. The van der Waals surface area contributed by atoms with E-state index in [1.807, 2.05) is 35.2 Å². The smallest absolute Gasteiger partial charge is 0.308 e. The molecule has 0 bridgehead atoms. The molecule has 3 aliphatic rings. The van der Waals surface area contributed by atoms with E-state index in [1.165, 1.54) is 0 Å². The lowest BCUT2D eigenvalue weighted by Crippen LogP contribution is -2.45. The average Bonchev–Trinajstić information content (AvgIpc) is 3.72. The van der Waals surface area contributed by atoms with Gasteiger partial charge in [0.25, 0.3) is 0 Å². The van der Waals surface area contributed by atoms with Crippen LogP contribution in [0.3, 0.4) is 0 Å². The van der Waals surface area contributed by atoms with Crippen molar-refractivity contribution in [3.8, 4) is 17.2 Å². The summed E-state index contributed by atoms with van der Waals surface area (Å²) in [5, 5.41) is 10.6. The Balaban J connectivity index is 1.40. The maximum atomic E-state index is 13.7. The third-order valence-electron chi connectivity index (χ3n) is 8.72. The molecule has 2 aromatic carbocycles. The molecule has 3 heterocycles. The zero-order valence-corrected chi connectivity index (χ0v) is 24.1. The minimum atomic E-state index is -0.824. The molecule has 3 aliphatic heterocycles. The summed E-state index contributed by atoms with van der Waals surface area (Å²) in [4.78, 5) is 30.7. The number of likely N-dealkylation sites (tertiary alicyclic amines) is 1. The Morgan fingerprint density at radius 2 is 1.93 bits per heavy atom. The van der Waals surface area contributed by atoms with Gasteiger partial charge in [-0.05, 0) is 67.5 Å². The number of hydrogen-bond acceptors (Lipinski definition) is 7. The number of carboxylic acids is 1. The number of amides is 1. The van der Waals surface area contributed by atoms with Crippen LogP contribution in [0.2, 0.25) is 0 Å². The van der Waals surface area contributed by atoms with Crippen LogP contribution in [-0.2, 0) is 22.4 Å². The number of benzene rings is 2. The van der Waals surface area contributed by atoms with Crippen LogP contribution in [0.4, 0.5) is 0 Å². The van der Waals surface area contributed by atoms with Gasteiger partial charge in [-0.1, -0.05) is 37.6 Å². The Labute approximate surface area is 242 Å². The van der Waals surface area contributed by atoms with E-state index >= 15 is 0 Å². The molecule has 1 saturated heterocycles. The van der Waals surface area contributed by atoms with Crippen LogP contribution >= 0.6 is 0 Å². The van der Waals surface area contributed by atoms with Crippen molar-refractivity contribution in [3.63, 3.8) is 0 Å². The number of ether oxygens (including phenoxy) is 3. The minimum absolute atomic E-state index is 0.0601. The van der Waals surface area contributed by atoms with Crippen molar-refractivity contribution in [2.45, 2.75) is 63.8 Å². The fraction of sp³-hybridized carbons (Fsp3) is 0.562. The van der Waals surface area contributed by atoms with Crippen molar-refractivity contribution in [1.82, 2.24) is 9.80 Å². The molecule has 1 unspecified atom stereocenters. The lowest BCUT2D eigenvalue weighted by Gasteiger charge is -2.30. The highest BCUT2D eigenvalue weighted by molar-refractivity contribution is 5.79. The van der Waals surface area contributed by atoms with Gasteiger partial charge in [0.15, 0.2) is 11.5 Å². The van der Waals surface area contributed by atoms with Crippen LogP contribution in [0.5, 0.6) is 17.2 Å². The number of unbranched alkanes of at least 4 members (excludes halogenated alkanes) is 2. The first-order chi connectivity index (χ1) is 20.0. The number of aryl methyl sites for hydroxylation is 1. The van der Waals surface area contributed by atoms with E-state index in [4.69, 9.17) is 19.9 Å². The first-order valence-electron chi connectivity index (χ1n) is 15.1. The summed E-state index contributed by atoms with van der Waals surface area (Å²) in [6, 6.07) is 11.6. The average molecular weight is 566 g/mol.